The highest BCUT2D eigenvalue weighted by Crippen LogP contribution is 2.31. The molecule has 2 N–H and O–H groups in total. The molecule has 0 unspecified atom stereocenters. The second-order valence-electron chi connectivity index (χ2n) is 4.41. The minimum Gasteiger partial charge on any atom is -0.481 e. The molecule has 104 valence electrons. The van der Waals surface area contributed by atoms with Gasteiger partial charge in [-0.1, -0.05) is 29.8 Å². The number of hydrogen-bond acceptors (Lipinski definition) is 4. The number of nitrogens with one attached hydrogen (secondary N) is 1. The second kappa shape index (κ2) is 5.83. The molecule has 1 aromatic heterocycles. The van der Waals surface area contributed by atoms with Gasteiger partial charge >= 0.3 is 5.97 Å². The van der Waals surface area contributed by atoms with Crippen LogP contribution in [0, 0.1) is 6.92 Å². The average molecular weight is 290 g/mol. The molecule has 0 spiro atoms. The van der Waals surface area contributed by atoms with Crippen molar-refractivity contribution in [3.8, 4) is 11.3 Å². The van der Waals surface area contributed by atoms with E-state index in [4.69, 9.17) is 5.11 Å². The number of carbonyl (C=O) groups excluding carboxylic acids is 1. The third-order valence-electron chi connectivity index (χ3n) is 2.62. The van der Waals surface area contributed by atoms with Crippen LogP contribution in [0.3, 0.4) is 0 Å². The van der Waals surface area contributed by atoms with Gasteiger partial charge in [0.25, 0.3) is 0 Å². The Kier molecular flexibility index (Phi) is 4.14. The first-order valence-corrected chi connectivity index (χ1v) is 6.83. The SMILES string of the molecule is CC(=O)Nc1nc(-c2ccc(C)cc2)c(CC(=O)O)s1. The summed E-state index contributed by atoms with van der Waals surface area (Å²) in [5.74, 6) is -1.15. The van der Waals surface area contributed by atoms with E-state index < -0.39 is 5.97 Å². The van der Waals surface area contributed by atoms with Crippen molar-refractivity contribution in [2.24, 2.45) is 0 Å². The van der Waals surface area contributed by atoms with Gasteiger partial charge in [-0.25, -0.2) is 4.98 Å². The van der Waals surface area contributed by atoms with E-state index in [1.54, 1.807) is 0 Å². The van der Waals surface area contributed by atoms with Crippen LogP contribution in [-0.2, 0) is 16.0 Å². The third-order valence-corrected chi connectivity index (χ3v) is 3.59. The summed E-state index contributed by atoms with van der Waals surface area (Å²) in [6, 6.07) is 7.68. The lowest BCUT2D eigenvalue weighted by atomic mass is 10.1. The number of rotatable bonds is 4. The van der Waals surface area contributed by atoms with E-state index in [2.05, 4.69) is 10.3 Å². The normalized spacial score (nSPS) is 10.3. The standard InChI is InChI=1S/C14H14N2O3S/c1-8-3-5-10(6-4-8)13-11(7-12(18)19)20-14(16-13)15-9(2)17/h3-6H,7H2,1-2H3,(H,18,19)(H,15,16,17). The summed E-state index contributed by atoms with van der Waals surface area (Å²) in [6.45, 7) is 3.37. The number of aliphatic carboxylic acids is 1. The maximum Gasteiger partial charge on any atom is 0.308 e. The van der Waals surface area contributed by atoms with Gasteiger partial charge in [0.15, 0.2) is 5.13 Å². The number of amides is 1. The topological polar surface area (TPSA) is 79.3 Å². The van der Waals surface area contributed by atoms with Crippen LogP contribution in [0.5, 0.6) is 0 Å². The molecule has 1 aromatic carbocycles. The molecule has 6 heteroatoms. The molecule has 0 fully saturated rings. The predicted octanol–water partition coefficient (Wildman–Crippen LogP) is 2.70. The van der Waals surface area contributed by atoms with Crippen molar-refractivity contribution in [1.82, 2.24) is 4.98 Å². The molecule has 2 rings (SSSR count). The maximum atomic E-state index is 11.1. The highest BCUT2D eigenvalue weighted by Gasteiger charge is 2.16. The van der Waals surface area contributed by atoms with Gasteiger partial charge in [-0.3, -0.25) is 9.59 Å². The van der Waals surface area contributed by atoms with Gasteiger partial charge in [0.1, 0.15) is 0 Å². The minimum absolute atomic E-state index is 0.111. The molecule has 0 aliphatic rings. The lowest BCUT2D eigenvalue weighted by Gasteiger charge is -2.01. The molecular weight excluding hydrogens is 276 g/mol. The number of thiazole rings is 1. The fourth-order valence-electron chi connectivity index (χ4n) is 1.75. The van der Waals surface area contributed by atoms with Crippen molar-refractivity contribution < 1.29 is 14.7 Å². The van der Waals surface area contributed by atoms with Crippen LogP contribution < -0.4 is 5.32 Å². The van der Waals surface area contributed by atoms with Gasteiger partial charge in [-0.05, 0) is 6.92 Å². The first-order chi connectivity index (χ1) is 9.45. The van der Waals surface area contributed by atoms with Crippen LogP contribution in [0.1, 0.15) is 17.4 Å². The lowest BCUT2D eigenvalue weighted by Crippen LogP contribution is -2.04. The van der Waals surface area contributed by atoms with Crippen LogP contribution in [-0.4, -0.2) is 22.0 Å². The van der Waals surface area contributed by atoms with Gasteiger partial charge in [0, 0.05) is 17.4 Å². The second-order valence-corrected chi connectivity index (χ2v) is 5.49. The number of anilines is 1. The summed E-state index contributed by atoms with van der Waals surface area (Å²) in [5.41, 5.74) is 2.58. The first kappa shape index (κ1) is 14.2. The molecule has 1 amide bonds. The van der Waals surface area contributed by atoms with E-state index in [0.29, 0.717) is 15.7 Å². The summed E-state index contributed by atoms with van der Waals surface area (Å²) in [4.78, 5) is 27.0. The fraction of sp³-hybridized carbons (Fsp3) is 0.214. The Morgan fingerprint density at radius 2 is 1.95 bits per heavy atom. The van der Waals surface area contributed by atoms with Gasteiger partial charge in [0.05, 0.1) is 12.1 Å². The van der Waals surface area contributed by atoms with Crippen LogP contribution in [0.15, 0.2) is 24.3 Å². The number of carboxylic acid groups (broad SMARTS) is 1. The number of carbonyl (C=O) groups is 2. The molecule has 0 saturated heterocycles. The summed E-state index contributed by atoms with van der Waals surface area (Å²) in [5, 5.41) is 12.0. The highest BCUT2D eigenvalue weighted by atomic mass is 32.1. The van der Waals surface area contributed by atoms with Crippen LogP contribution in [0.4, 0.5) is 5.13 Å². The zero-order valence-corrected chi connectivity index (χ0v) is 12.0. The summed E-state index contributed by atoms with van der Waals surface area (Å²) >= 11 is 1.19. The molecular formula is C14H14N2O3S. The summed E-state index contributed by atoms with van der Waals surface area (Å²) in [6.07, 6.45) is -0.111. The first-order valence-electron chi connectivity index (χ1n) is 6.02. The molecule has 0 bridgehead atoms. The van der Waals surface area contributed by atoms with Crippen molar-refractivity contribution in [2.45, 2.75) is 20.3 Å². The van der Waals surface area contributed by atoms with Gasteiger partial charge < -0.3 is 10.4 Å². The van der Waals surface area contributed by atoms with E-state index in [1.807, 2.05) is 31.2 Å². The monoisotopic (exact) mass is 290 g/mol. The zero-order chi connectivity index (χ0) is 14.7. The van der Waals surface area contributed by atoms with Crippen LogP contribution >= 0.6 is 11.3 Å². The lowest BCUT2D eigenvalue weighted by molar-refractivity contribution is -0.136. The van der Waals surface area contributed by atoms with E-state index in [1.165, 1.54) is 18.3 Å². The van der Waals surface area contributed by atoms with Gasteiger partial charge in [-0.15, -0.1) is 11.3 Å². The van der Waals surface area contributed by atoms with Crippen molar-refractivity contribution in [1.29, 1.82) is 0 Å². The third kappa shape index (κ3) is 3.42. The van der Waals surface area contributed by atoms with Crippen molar-refractivity contribution in [2.75, 3.05) is 5.32 Å². The molecule has 5 nitrogen and oxygen atoms in total. The number of hydrogen-bond donors (Lipinski definition) is 2. The van der Waals surface area contributed by atoms with Gasteiger partial charge in [-0.2, -0.15) is 0 Å². The van der Waals surface area contributed by atoms with E-state index >= 15 is 0 Å². The summed E-state index contributed by atoms with van der Waals surface area (Å²) in [7, 11) is 0. The molecule has 1 heterocycles. The van der Waals surface area contributed by atoms with Gasteiger partial charge in [0.2, 0.25) is 5.91 Å². The smallest absolute Gasteiger partial charge is 0.308 e. The molecule has 0 aliphatic carbocycles. The van der Waals surface area contributed by atoms with E-state index in [9.17, 15) is 9.59 Å². The Hall–Kier alpha value is -2.21. The number of benzene rings is 1. The Bertz CT molecular complexity index is 647. The quantitative estimate of drug-likeness (QED) is 0.907. The Balaban J connectivity index is 2.43. The fourth-order valence-corrected chi connectivity index (χ4v) is 2.77. The van der Waals surface area contributed by atoms with Crippen molar-refractivity contribution in [3.05, 3.63) is 34.7 Å². The zero-order valence-electron chi connectivity index (χ0n) is 11.1. The highest BCUT2D eigenvalue weighted by molar-refractivity contribution is 7.16. The molecule has 0 atom stereocenters. The molecule has 0 radical (unpaired) electrons. The molecule has 0 aliphatic heterocycles. The maximum absolute atomic E-state index is 11.1. The Morgan fingerprint density at radius 1 is 1.30 bits per heavy atom. The number of nitrogens with zero attached hydrogens (tertiary/aromatic N) is 1. The minimum atomic E-state index is -0.920. The van der Waals surface area contributed by atoms with E-state index in [0.717, 1.165) is 11.1 Å². The van der Waals surface area contributed by atoms with Crippen LogP contribution in [0.2, 0.25) is 0 Å². The molecule has 20 heavy (non-hydrogen) atoms. The Labute approximate surface area is 120 Å². The largest absolute Gasteiger partial charge is 0.481 e. The number of aryl methyl sites for hydroxylation is 1. The Morgan fingerprint density at radius 3 is 2.50 bits per heavy atom. The van der Waals surface area contributed by atoms with Crippen LogP contribution in [0.25, 0.3) is 11.3 Å². The molecule has 2 aromatic rings. The van der Waals surface area contributed by atoms with Crippen molar-refractivity contribution >= 4 is 28.3 Å². The van der Waals surface area contributed by atoms with E-state index in [-0.39, 0.29) is 12.3 Å². The molecule has 0 saturated carbocycles. The number of carboxylic acids is 1. The summed E-state index contributed by atoms with van der Waals surface area (Å²) < 4.78 is 0. The van der Waals surface area contributed by atoms with Crippen molar-refractivity contribution in [3.63, 3.8) is 0 Å². The number of aromatic nitrogens is 1. The predicted molar refractivity (Wildman–Crippen MR) is 77.9 cm³/mol. The average Bonchev–Trinajstić information content (AvgIpc) is 2.71.